The van der Waals surface area contributed by atoms with Crippen LogP contribution in [0.1, 0.15) is 0 Å². The molecule has 1 N–H and O–H groups in total. The SMILES string of the molecule is c1ccc(-c2noc(-c3cn[nH]c3-c3ccccc3)n2)cc1. The van der Waals surface area contributed by atoms with E-state index in [9.17, 15) is 0 Å². The molecule has 2 aromatic carbocycles. The molecule has 4 rings (SSSR count). The zero-order chi connectivity index (χ0) is 14.8. The standard InChI is InChI=1S/C17H12N4O/c1-3-7-12(8-4-1)15-14(11-18-20-15)17-19-16(21-22-17)13-9-5-2-6-10-13/h1-11H,(H,18,20). The fourth-order valence-electron chi connectivity index (χ4n) is 2.31. The summed E-state index contributed by atoms with van der Waals surface area (Å²) < 4.78 is 5.40. The van der Waals surface area contributed by atoms with Crippen LogP contribution >= 0.6 is 0 Å². The van der Waals surface area contributed by atoms with Gasteiger partial charge in [-0.2, -0.15) is 10.1 Å². The number of H-pyrrole nitrogens is 1. The third-order valence-electron chi connectivity index (χ3n) is 3.39. The Bertz CT molecular complexity index is 881. The van der Waals surface area contributed by atoms with Crippen LogP contribution in [0.5, 0.6) is 0 Å². The maximum atomic E-state index is 5.40. The summed E-state index contributed by atoms with van der Waals surface area (Å²) in [6, 6.07) is 19.7. The number of benzene rings is 2. The lowest BCUT2D eigenvalue weighted by Crippen LogP contribution is -1.83. The van der Waals surface area contributed by atoms with Crippen LogP contribution in [0, 0.1) is 0 Å². The molecule has 0 bridgehead atoms. The van der Waals surface area contributed by atoms with Gasteiger partial charge in [-0.25, -0.2) is 0 Å². The highest BCUT2D eigenvalue weighted by Gasteiger charge is 2.16. The van der Waals surface area contributed by atoms with Crippen LogP contribution < -0.4 is 0 Å². The second kappa shape index (κ2) is 5.29. The number of nitrogens with one attached hydrogen (secondary N) is 1. The molecule has 0 aliphatic rings. The number of aromatic nitrogens is 4. The molecule has 0 fully saturated rings. The average molecular weight is 288 g/mol. The first-order valence-corrected chi connectivity index (χ1v) is 6.90. The topological polar surface area (TPSA) is 67.6 Å². The molecule has 2 aromatic heterocycles. The lowest BCUT2D eigenvalue weighted by molar-refractivity contribution is 0.432. The van der Waals surface area contributed by atoms with Crippen molar-refractivity contribution in [3.8, 4) is 34.1 Å². The van der Waals surface area contributed by atoms with Gasteiger partial charge in [-0.15, -0.1) is 0 Å². The van der Waals surface area contributed by atoms with Crippen LogP contribution in [0.3, 0.4) is 0 Å². The highest BCUT2D eigenvalue weighted by molar-refractivity contribution is 5.76. The lowest BCUT2D eigenvalue weighted by atomic mass is 10.1. The van der Waals surface area contributed by atoms with Gasteiger partial charge in [-0.1, -0.05) is 65.8 Å². The van der Waals surface area contributed by atoms with E-state index in [0.717, 1.165) is 22.4 Å². The summed E-state index contributed by atoms with van der Waals surface area (Å²) in [5, 5.41) is 11.1. The van der Waals surface area contributed by atoms with Crippen molar-refractivity contribution in [2.75, 3.05) is 0 Å². The Morgan fingerprint density at radius 2 is 1.50 bits per heavy atom. The molecule has 2 heterocycles. The van der Waals surface area contributed by atoms with Crippen LogP contribution in [0.4, 0.5) is 0 Å². The van der Waals surface area contributed by atoms with Gasteiger partial charge < -0.3 is 4.52 Å². The highest BCUT2D eigenvalue weighted by atomic mass is 16.5. The van der Waals surface area contributed by atoms with E-state index in [4.69, 9.17) is 4.52 Å². The largest absolute Gasteiger partial charge is 0.333 e. The van der Waals surface area contributed by atoms with E-state index in [1.54, 1.807) is 6.20 Å². The summed E-state index contributed by atoms with van der Waals surface area (Å²) in [4.78, 5) is 4.47. The molecule has 0 saturated heterocycles. The van der Waals surface area contributed by atoms with Gasteiger partial charge in [0.1, 0.15) is 0 Å². The number of rotatable bonds is 3. The minimum atomic E-state index is 0.450. The van der Waals surface area contributed by atoms with E-state index in [2.05, 4.69) is 20.3 Å². The summed E-state index contributed by atoms with van der Waals surface area (Å²) >= 11 is 0. The Morgan fingerprint density at radius 1 is 0.818 bits per heavy atom. The fourth-order valence-corrected chi connectivity index (χ4v) is 2.31. The number of nitrogens with zero attached hydrogens (tertiary/aromatic N) is 3. The molecule has 5 nitrogen and oxygen atoms in total. The van der Waals surface area contributed by atoms with E-state index in [-0.39, 0.29) is 0 Å². The van der Waals surface area contributed by atoms with E-state index >= 15 is 0 Å². The minimum Gasteiger partial charge on any atom is -0.333 e. The third kappa shape index (κ3) is 2.18. The molecule has 0 aliphatic carbocycles. The van der Waals surface area contributed by atoms with Gasteiger partial charge in [0.25, 0.3) is 5.89 Å². The van der Waals surface area contributed by atoms with Crippen molar-refractivity contribution in [1.82, 2.24) is 20.3 Å². The summed E-state index contributed by atoms with van der Waals surface area (Å²) in [5.41, 5.74) is 3.60. The predicted octanol–water partition coefficient (Wildman–Crippen LogP) is 3.79. The molecule has 0 saturated carbocycles. The van der Waals surface area contributed by atoms with Crippen LogP contribution in [0.25, 0.3) is 34.1 Å². The number of hydrogen-bond acceptors (Lipinski definition) is 4. The highest BCUT2D eigenvalue weighted by Crippen LogP contribution is 2.30. The third-order valence-corrected chi connectivity index (χ3v) is 3.39. The van der Waals surface area contributed by atoms with Gasteiger partial charge in [0.15, 0.2) is 0 Å². The monoisotopic (exact) mass is 288 g/mol. The van der Waals surface area contributed by atoms with E-state index in [1.807, 2.05) is 60.7 Å². The van der Waals surface area contributed by atoms with Crippen molar-refractivity contribution in [3.63, 3.8) is 0 Å². The van der Waals surface area contributed by atoms with Crippen molar-refractivity contribution in [1.29, 1.82) is 0 Å². The van der Waals surface area contributed by atoms with Gasteiger partial charge >= 0.3 is 0 Å². The summed E-state index contributed by atoms with van der Waals surface area (Å²) in [5.74, 6) is 1.02. The molecule has 0 amide bonds. The molecule has 106 valence electrons. The van der Waals surface area contributed by atoms with Crippen LogP contribution in [0.2, 0.25) is 0 Å². The second-order valence-corrected chi connectivity index (χ2v) is 4.81. The van der Waals surface area contributed by atoms with Crippen molar-refractivity contribution in [2.24, 2.45) is 0 Å². The molecular weight excluding hydrogens is 276 g/mol. The summed E-state index contributed by atoms with van der Waals surface area (Å²) in [7, 11) is 0. The first-order valence-electron chi connectivity index (χ1n) is 6.90. The molecule has 0 radical (unpaired) electrons. The molecule has 22 heavy (non-hydrogen) atoms. The Morgan fingerprint density at radius 3 is 2.23 bits per heavy atom. The molecule has 5 heteroatoms. The molecule has 0 atom stereocenters. The Labute approximate surface area is 126 Å². The molecule has 0 spiro atoms. The number of aromatic amines is 1. The van der Waals surface area contributed by atoms with Crippen LogP contribution in [-0.4, -0.2) is 20.3 Å². The lowest BCUT2D eigenvalue weighted by Gasteiger charge is -1.98. The van der Waals surface area contributed by atoms with Gasteiger partial charge in [0, 0.05) is 11.1 Å². The Kier molecular flexibility index (Phi) is 3.01. The Hall–Kier alpha value is -3.21. The second-order valence-electron chi connectivity index (χ2n) is 4.81. The quantitative estimate of drug-likeness (QED) is 0.622. The van der Waals surface area contributed by atoms with Crippen molar-refractivity contribution in [3.05, 3.63) is 66.9 Å². The Balaban J connectivity index is 1.76. The molecular formula is C17H12N4O. The fraction of sp³-hybridized carbons (Fsp3) is 0. The van der Waals surface area contributed by atoms with Gasteiger partial charge in [0.05, 0.1) is 17.5 Å². The van der Waals surface area contributed by atoms with Crippen molar-refractivity contribution < 1.29 is 4.52 Å². The van der Waals surface area contributed by atoms with E-state index in [0.29, 0.717) is 11.7 Å². The molecule has 4 aromatic rings. The van der Waals surface area contributed by atoms with Crippen molar-refractivity contribution in [2.45, 2.75) is 0 Å². The molecule has 0 unspecified atom stereocenters. The van der Waals surface area contributed by atoms with Gasteiger partial charge in [-0.05, 0) is 0 Å². The van der Waals surface area contributed by atoms with Gasteiger partial charge in [-0.3, -0.25) is 5.10 Å². The van der Waals surface area contributed by atoms with Gasteiger partial charge in [0.2, 0.25) is 5.82 Å². The smallest absolute Gasteiger partial charge is 0.262 e. The maximum absolute atomic E-state index is 5.40. The van der Waals surface area contributed by atoms with E-state index in [1.165, 1.54) is 0 Å². The van der Waals surface area contributed by atoms with Crippen LogP contribution in [-0.2, 0) is 0 Å². The van der Waals surface area contributed by atoms with E-state index < -0.39 is 0 Å². The number of hydrogen-bond donors (Lipinski definition) is 1. The first-order chi connectivity index (χ1) is 10.9. The summed E-state index contributed by atoms with van der Waals surface area (Å²) in [6.07, 6.45) is 1.70. The maximum Gasteiger partial charge on any atom is 0.262 e. The summed E-state index contributed by atoms with van der Waals surface area (Å²) in [6.45, 7) is 0. The first kappa shape index (κ1) is 12.5. The minimum absolute atomic E-state index is 0.450. The predicted molar refractivity (Wildman–Crippen MR) is 82.8 cm³/mol. The zero-order valence-electron chi connectivity index (χ0n) is 11.6. The van der Waals surface area contributed by atoms with Crippen LogP contribution in [0.15, 0.2) is 71.4 Å². The van der Waals surface area contributed by atoms with Crippen molar-refractivity contribution >= 4 is 0 Å². The average Bonchev–Trinajstić information content (AvgIpc) is 3.25. The normalized spacial score (nSPS) is 10.7. The molecule has 0 aliphatic heterocycles. The zero-order valence-corrected chi connectivity index (χ0v) is 11.6.